The van der Waals surface area contributed by atoms with Crippen LogP contribution in [0.1, 0.15) is 44.6 Å². The molecule has 1 aliphatic carbocycles. The molecule has 2 rings (SSSR count). The molecule has 0 bridgehead atoms. The van der Waals surface area contributed by atoms with E-state index in [0.717, 1.165) is 18.4 Å². The molecule has 118 valence electrons. The Hall–Kier alpha value is -2.15. The molecule has 22 heavy (non-hydrogen) atoms. The second-order valence-electron chi connectivity index (χ2n) is 5.94. The molecule has 1 aromatic rings. The second kappa shape index (κ2) is 6.74. The van der Waals surface area contributed by atoms with Crippen molar-refractivity contribution in [1.29, 1.82) is 0 Å². The topological polar surface area (TPSA) is 55.8 Å². The van der Waals surface area contributed by atoms with E-state index in [9.17, 15) is 4.79 Å². The van der Waals surface area contributed by atoms with Gasteiger partial charge in [-0.25, -0.2) is 0 Å². The summed E-state index contributed by atoms with van der Waals surface area (Å²) in [7, 11) is 1.59. The normalized spacial score (nSPS) is 17.5. The highest BCUT2D eigenvalue weighted by Gasteiger charge is 2.29. The fraction of sp³-hybridized carbons (Fsp3) is 0.500. The number of hydrogen-bond donors (Lipinski definition) is 1. The minimum absolute atomic E-state index is 0.126. The first-order valence-electron chi connectivity index (χ1n) is 7.53. The summed E-state index contributed by atoms with van der Waals surface area (Å²) in [6.07, 6.45) is 10.1. The van der Waals surface area contributed by atoms with E-state index in [1.54, 1.807) is 20.1 Å². The number of carbonyl (C=O) groups is 1. The standard InChI is InChI=1S/C18H22O4/c1-4-18(2,12-17(19)20)13-9-10-15(21-3)16(11-13)22-14-7-5-6-8-14/h1,9-11,14H,5-8,12H2,2-3H3,(H,19,20)/t18-/m1/s1. The molecular weight excluding hydrogens is 280 g/mol. The first kappa shape index (κ1) is 16.2. The van der Waals surface area contributed by atoms with Crippen LogP contribution in [-0.2, 0) is 10.2 Å². The van der Waals surface area contributed by atoms with Crippen LogP contribution in [0, 0.1) is 12.3 Å². The maximum atomic E-state index is 11.1. The Bertz CT molecular complexity index is 581. The van der Waals surface area contributed by atoms with Gasteiger partial charge in [0.25, 0.3) is 0 Å². The minimum atomic E-state index is -0.922. The van der Waals surface area contributed by atoms with E-state index in [0.29, 0.717) is 11.5 Å². The second-order valence-corrected chi connectivity index (χ2v) is 5.94. The largest absolute Gasteiger partial charge is 0.493 e. The molecule has 1 N–H and O–H groups in total. The maximum Gasteiger partial charge on any atom is 0.305 e. The summed E-state index contributed by atoms with van der Waals surface area (Å²) in [4.78, 5) is 11.1. The van der Waals surface area contributed by atoms with E-state index < -0.39 is 11.4 Å². The number of carboxylic acid groups (broad SMARTS) is 1. The van der Waals surface area contributed by atoms with Gasteiger partial charge in [0.05, 0.1) is 25.0 Å². The van der Waals surface area contributed by atoms with Gasteiger partial charge in [-0.2, -0.15) is 0 Å². The first-order chi connectivity index (χ1) is 10.5. The quantitative estimate of drug-likeness (QED) is 0.818. The van der Waals surface area contributed by atoms with Crippen molar-refractivity contribution in [3.63, 3.8) is 0 Å². The van der Waals surface area contributed by atoms with Crippen LogP contribution in [0.5, 0.6) is 11.5 Å². The average molecular weight is 302 g/mol. The summed E-state index contributed by atoms with van der Waals surface area (Å²) in [6, 6.07) is 5.42. The Labute approximate surface area is 131 Å². The Morgan fingerprint density at radius 3 is 2.64 bits per heavy atom. The van der Waals surface area contributed by atoms with Crippen LogP contribution in [0.15, 0.2) is 18.2 Å². The van der Waals surface area contributed by atoms with Gasteiger partial charge in [0.15, 0.2) is 11.5 Å². The summed E-state index contributed by atoms with van der Waals surface area (Å²) in [6.45, 7) is 1.75. The van der Waals surface area contributed by atoms with Crippen LogP contribution in [0.2, 0.25) is 0 Å². The molecule has 0 unspecified atom stereocenters. The lowest BCUT2D eigenvalue weighted by Gasteiger charge is -2.24. The number of hydrogen-bond acceptors (Lipinski definition) is 3. The fourth-order valence-corrected chi connectivity index (χ4v) is 2.84. The van der Waals surface area contributed by atoms with Crippen LogP contribution in [0.3, 0.4) is 0 Å². The van der Waals surface area contributed by atoms with Gasteiger partial charge in [0.2, 0.25) is 0 Å². The lowest BCUT2D eigenvalue weighted by molar-refractivity contribution is -0.137. The smallest absolute Gasteiger partial charge is 0.305 e. The number of benzene rings is 1. The van der Waals surface area contributed by atoms with Gasteiger partial charge < -0.3 is 14.6 Å². The molecule has 0 radical (unpaired) electrons. The van der Waals surface area contributed by atoms with Crippen molar-refractivity contribution in [2.45, 2.75) is 50.5 Å². The highest BCUT2D eigenvalue weighted by molar-refractivity contribution is 5.70. The molecule has 1 atom stereocenters. The lowest BCUT2D eigenvalue weighted by Crippen LogP contribution is -2.24. The summed E-state index contributed by atoms with van der Waals surface area (Å²) in [5, 5.41) is 9.09. The number of aliphatic carboxylic acids is 1. The summed E-state index contributed by atoms with van der Waals surface area (Å²) in [5.74, 6) is 2.97. The van der Waals surface area contributed by atoms with E-state index in [2.05, 4.69) is 5.92 Å². The van der Waals surface area contributed by atoms with Crippen molar-refractivity contribution in [2.24, 2.45) is 0 Å². The zero-order valence-corrected chi connectivity index (χ0v) is 13.1. The average Bonchev–Trinajstić information content (AvgIpc) is 2.99. The van der Waals surface area contributed by atoms with Gasteiger partial charge in [-0.1, -0.05) is 12.0 Å². The van der Waals surface area contributed by atoms with E-state index in [4.69, 9.17) is 21.0 Å². The molecule has 0 aliphatic heterocycles. The third-order valence-electron chi connectivity index (χ3n) is 4.22. The van der Waals surface area contributed by atoms with Crippen molar-refractivity contribution >= 4 is 5.97 Å². The van der Waals surface area contributed by atoms with Crippen molar-refractivity contribution in [1.82, 2.24) is 0 Å². The van der Waals surface area contributed by atoms with Gasteiger partial charge >= 0.3 is 5.97 Å². The predicted molar refractivity (Wildman–Crippen MR) is 84.3 cm³/mol. The third kappa shape index (κ3) is 3.54. The Balaban J connectivity index is 2.32. The molecule has 0 saturated heterocycles. The van der Waals surface area contributed by atoms with Crippen LogP contribution >= 0.6 is 0 Å². The number of methoxy groups -OCH3 is 1. The van der Waals surface area contributed by atoms with Crippen molar-refractivity contribution in [3.8, 4) is 23.8 Å². The summed E-state index contributed by atoms with van der Waals surface area (Å²) >= 11 is 0. The Kier molecular flexibility index (Phi) is 4.97. The number of ether oxygens (including phenoxy) is 2. The van der Waals surface area contributed by atoms with Crippen LogP contribution in [0.4, 0.5) is 0 Å². The molecule has 0 heterocycles. The molecule has 4 heteroatoms. The number of carboxylic acids is 1. The van der Waals surface area contributed by atoms with E-state index in [1.165, 1.54) is 12.8 Å². The van der Waals surface area contributed by atoms with Gasteiger partial charge in [-0.05, 0) is 50.3 Å². The molecule has 1 saturated carbocycles. The van der Waals surface area contributed by atoms with Crippen molar-refractivity contribution < 1.29 is 19.4 Å². The number of terminal acetylenes is 1. The Morgan fingerprint density at radius 2 is 2.09 bits per heavy atom. The molecule has 1 aromatic carbocycles. The number of rotatable bonds is 6. The molecular formula is C18H22O4. The fourth-order valence-electron chi connectivity index (χ4n) is 2.84. The van der Waals surface area contributed by atoms with Crippen molar-refractivity contribution in [3.05, 3.63) is 23.8 Å². The molecule has 0 spiro atoms. The van der Waals surface area contributed by atoms with Crippen LogP contribution < -0.4 is 9.47 Å². The zero-order valence-electron chi connectivity index (χ0n) is 13.1. The van der Waals surface area contributed by atoms with Crippen molar-refractivity contribution in [2.75, 3.05) is 7.11 Å². The first-order valence-corrected chi connectivity index (χ1v) is 7.53. The molecule has 1 aliphatic rings. The SMILES string of the molecule is C#C[C@](C)(CC(=O)O)c1ccc(OC)c(OC2CCCC2)c1. The zero-order chi connectivity index (χ0) is 16.2. The predicted octanol–water partition coefficient (Wildman–Crippen LogP) is 3.38. The lowest BCUT2D eigenvalue weighted by atomic mass is 9.80. The molecule has 1 fully saturated rings. The van der Waals surface area contributed by atoms with Gasteiger partial charge in [0, 0.05) is 0 Å². The molecule has 4 nitrogen and oxygen atoms in total. The summed E-state index contributed by atoms with van der Waals surface area (Å²) < 4.78 is 11.4. The highest BCUT2D eigenvalue weighted by atomic mass is 16.5. The van der Waals surface area contributed by atoms with Gasteiger partial charge in [0.1, 0.15) is 0 Å². The Morgan fingerprint density at radius 1 is 1.41 bits per heavy atom. The van der Waals surface area contributed by atoms with Crippen LogP contribution in [0.25, 0.3) is 0 Å². The van der Waals surface area contributed by atoms with E-state index >= 15 is 0 Å². The van der Waals surface area contributed by atoms with E-state index in [-0.39, 0.29) is 12.5 Å². The third-order valence-corrected chi connectivity index (χ3v) is 4.22. The highest BCUT2D eigenvalue weighted by Crippen LogP contribution is 2.37. The minimum Gasteiger partial charge on any atom is -0.493 e. The van der Waals surface area contributed by atoms with Gasteiger partial charge in [-0.3, -0.25) is 4.79 Å². The van der Waals surface area contributed by atoms with Crippen LogP contribution in [-0.4, -0.2) is 24.3 Å². The summed E-state index contributed by atoms with van der Waals surface area (Å²) in [5.41, 5.74) is -0.113. The van der Waals surface area contributed by atoms with Gasteiger partial charge in [-0.15, -0.1) is 6.42 Å². The molecule has 0 amide bonds. The monoisotopic (exact) mass is 302 g/mol. The van der Waals surface area contributed by atoms with E-state index in [1.807, 2.05) is 12.1 Å². The molecule has 0 aromatic heterocycles. The maximum absolute atomic E-state index is 11.1.